The van der Waals surface area contributed by atoms with Crippen LogP contribution in [-0.4, -0.2) is 44.3 Å². The number of aryl methyl sites for hydroxylation is 3. The minimum absolute atomic E-state index is 0.103. The zero-order valence-electron chi connectivity index (χ0n) is 23.5. The number of amides is 2. The summed E-state index contributed by atoms with van der Waals surface area (Å²) in [4.78, 5) is 28.5. The molecule has 0 saturated heterocycles. The van der Waals surface area contributed by atoms with E-state index in [1.165, 1.54) is 9.21 Å². The van der Waals surface area contributed by atoms with Gasteiger partial charge in [0.25, 0.3) is 10.0 Å². The Labute approximate surface area is 232 Å². The predicted octanol–water partition coefficient (Wildman–Crippen LogP) is 5.00. The molecule has 0 heterocycles. The minimum atomic E-state index is -4.09. The molecule has 3 aromatic carbocycles. The molecular weight excluding hydrogens is 510 g/mol. The van der Waals surface area contributed by atoms with Crippen molar-refractivity contribution in [2.24, 2.45) is 0 Å². The summed E-state index contributed by atoms with van der Waals surface area (Å²) < 4.78 is 29.2. The molecule has 0 unspecified atom stereocenters. The lowest BCUT2D eigenvalue weighted by Crippen LogP contribution is -2.51. The van der Waals surface area contributed by atoms with Crippen LogP contribution in [0.5, 0.6) is 0 Å². The fourth-order valence-electron chi connectivity index (χ4n) is 4.39. The van der Waals surface area contributed by atoms with Crippen molar-refractivity contribution in [1.82, 2.24) is 10.2 Å². The summed E-state index contributed by atoms with van der Waals surface area (Å²) in [7, 11) is -4.09. The average Bonchev–Trinajstić information content (AvgIpc) is 2.93. The predicted molar refractivity (Wildman–Crippen MR) is 156 cm³/mol. The van der Waals surface area contributed by atoms with Crippen molar-refractivity contribution >= 4 is 27.5 Å². The van der Waals surface area contributed by atoms with Crippen molar-refractivity contribution in [3.05, 3.63) is 95.1 Å². The van der Waals surface area contributed by atoms with Crippen LogP contribution in [0, 0.1) is 13.8 Å². The minimum Gasteiger partial charge on any atom is -0.354 e. The molecule has 3 aromatic rings. The molecule has 0 spiro atoms. The fraction of sp³-hybridized carbons (Fsp3) is 0.355. The molecule has 0 aliphatic heterocycles. The summed E-state index contributed by atoms with van der Waals surface area (Å²) in [6, 6.07) is 20.7. The number of hydrogen-bond donors (Lipinski definition) is 1. The van der Waals surface area contributed by atoms with Crippen LogP contribution in [0.15, 0.2) is 77.7 Å². The van der Waals surface area contributed by atoms with Gasteiger partial charge >= 0.3 is 0 Å². The van der Waals surface area contributed by atoms with E-state index < -0.39 is 28.5 Å². The molecule has 208 valence electrons. The molecule has 2 amide bonds. The maximum absolute atomic E-state index is 14.0. The molecular formula is C31H39N3O4S. The van der Waals surface area contributed by atoms with Crippen molar-refractivity contribution in [2.45, 2.75) is 64.9 Å². The molecule has 0 saturated carbocycles. The van der Waals surface area contributed by atoms with E-state index in [1.807, 2.05) is 64.1 Å². The second-order valence-electron chi connectivity index (χ2n) is 9.78. The highest BCUT2D eigenvalue weighted by Gasteiger charge is 2.33. The molecule has 1 N–H and O–H groups in total. The Morgan fingerprint density at radius 3 is 2.23 bits per heavy atom. The number of sulfonamides is 1. The van der Waals surface area contributed by atoms with E-state index in [-0.39, 0.29) is 17.3 Å². The van der Waals surface area contributed by atoms with Gasteiger partial charge in [0.1, 0.15) is 12.6 Å². The van der Waals surface area contributed by atoms with Crippen LogP contribution in [0.25, 0.3) is 0 Å². The molecule has 3 rings (SSSR count). The molecule has 0 radical (unpaired) electrons. The highest BCUT2D eigenvalue weighted by molar-refractivity contribution is 7.92. The first kappa shape index (κ1) is 29.9. The summed E-state index contributed by atoms with van der Waals surface area (Å²) >= 11 is 0. The van der Waals surface area contributed by atoms with Gasteiger partial charge in [0.05, 0.1) is 10.6 Å². The van der Waals surface area contributed by atoms with Crippen molar-refractivity contribution in [3.63, 3.8) is 0 Å². The topological polar surface area (TPSA) is 86.8 Å². The number of anilines is 1. The molecule has 0 bridgehead atoms. The van der Waals surface area contributed by atoms with E-state index in [9.17, 15) is 18.0 Å². The van der Waals surface area contributed by atoms with Gasteiger partial charge in [0.2, 0.25) is 11.8 Å². The van der Waals surface area contributed by atoms with Crippen LogP contribution in [0.1, 0.15) is 49.4 Å². The third-order valence-electron chi connectivity index (χ3n) is 6.68. The van der Waals surface area contributed by atoms with Crippen molar-refractivity contribution in [3.8, 4) is 0 Å². The maximum atomic E-state index is 14.0. The van der Waals surface area contributed by atoms with Crippen molar-refractivity contribution < 1.29 is 18.0 Å². The number of nitrogens with zero attached hydrogens (tertiary/aromatic N) is 2. The molecule has 7 nitrogen and oxygen atoms in total. The largest absolute Gasteiger partial charge is 0.354 e. The van der Waals surface area contributed by atoms with Gasteiger partial charge in [-0.1, -0.05) is 79.6 Å². The quantitative estimate of drug-likeness (QED) is 0.344. The standard InChI is InChI=1S/C31H39N3O4S/c1-6-19-32-31(36)25(5)33(21-26-12-10-11-24(4)20-26)30(35)22-34(29-14-9-8-13-27(29)7-2)39(37,38)28-17-15-23(3)16-18-28/h8-18,20,25H,6-7,19,21-22H2,1-5H3,(H,32,36)/t25-/m0/s1. The number of carbonyl (C=O) groups is 2. The lowest BCUT2D eigenvalue weighted by atomic mass is 10.1. The average molecular weight is 550 g/mol. The zero-order chi connectivity index (χ0) is 28.6. The SMILES string of the molecule is CCCNC(=O)[C@H](C)N(Cc1cccc(C)c1)C(=O)CN(c1ccccc1CC)S(=O)(=O)c1ccc(C)cc1. The zero-order valence-corrected chi connectivity index (χ0v) is 24.3. The van der Waals surface area contributed by atoms with Crippen LogP contribution >= 0.6 is 0 Å². The Morgan fingerprint density at radius 1 is 0.897 bits per heavy atom. The van der Waals surface area contributed by atoms with Crippen LogP contribution in [0.3, 0.4) is 0 Å². The maximum Gasteiger partial charge on any atom is 0.264 e. The number of carbonyl (C=O) groups excluding carboxylic acids is 2. The fourth-order valence-corrected chi connectivity index (χ4v) is 5.84. The lowest BCUT2D eigenvalue weighted by Gasteiger charge is -2.32. The van der Waals surface area contributed by atoms with Crippen molar-refractivity contribution in [2.75, 3.05) is 17.4 Å². The van der Waals surface area contributed by atoms with Crippen LogP contribution < -0.4 is 9.62 Å². The van der Waals surface area contributed by atoms with Gasteiger partial charge < -0.3 is 10.2 Å². The number of para-hydroxylation sites is 1. The van der Waals surface area contributed by atoms with Crippen LogP contribution in [0.2, 0.25) is 0 Å². The summed E-state index contributed by atoms with van der Waals surface area (Å²) in [5.41, 5.74) is 4.08. The third kappa shape index (κ3) is 7.47. The smallest absolute Gasteiger partial charge is 0.264 e. The Kier molecular flexibility index (Phi) is 10.3. The Balaban J connectivity index is 2.06. The van der Waals surface area contributed by atoms with Gasteiger partial charge in [0.15, 0.2) is 0 Å². The Bertz CT molecular complexity index is 1390. The summed E-state index contributed by atoms with van der Waals surface area (Å²) in [6.07, 6.45) is 1.35. The molecule has 8 heteroatoms. The van der Waals surface area contributed by atoms with Gasteiger partial charge in [0, 0.05) is 13.1 Å². The highest BCUT2D eigenvalue weighted by Crippen LogP contribution is 2.28. The first-order valence-electron chi connectivity index (χ1n) is 13.4. The van der Waals surface area contributed by atoms with Gasteiger partial charge in [-0.2, -0.15) is 0 Å². The van der Waals surface area contributed by atoms with Gasteiger partial charge in [-0.3, -0.25) is 13.9 Å². The Morgan fingerprint density at radius 2 is 1.59 bits per heavy atom. The van der Waals surface area contributed by atoms with Gasteiger partial charge in [-0.15, -0.1) is 0 Å². The second-order valence-corrected chi connectivity index (χ2v) is 11.6. The second kappa shape index (κ2) is 13.4. The summed E-state index contributed by atoms with van der Waals surface area (Å²) in [6.45, 7) is 9.66. The lowest BCUT2D eigenvalue weighted by molar-refractivity contribution is -0.139. The van der Waals surface area contributed by atoms with Crippen LogP contribution in [0.4, 0.5) is 5.69 Å². The number of rotatable bonds is 12. The molecule has 1 atom stereocenters. The van der Waals surface area contributed by atoms with E-state index in [2.05, 4.69) is 5.32 Å². The summed E-state index contributed by atoms with van der Waals surface area (Å²) in [5.74, 6) is -0.739. The summed E-state index contributed by atoms with van der Waals surface area (Å²) in [5, 5.41) is 2.86. The van der Waals surface area contributed by atoms with E-state index in [0.29, 0.717) is 18.7 Å². The van der Waals surface area contributed by atoms with E-state index in [0.717, 1.165) is 28.7 Å². The first-order chi connectivity index (χ1) is 18.6. The van der Waals surface area contributed by atoms with Crippen molar-refractivity contribution in [1.29, 1.82) is 0 Å². The highest BCUT2D eigenvalue weighted by atomic mass is 32.2. The number of benzene rings is 3. The van der Waals surface area contributed by atoms with E-state index >= 15 is 0 Å². The normalized spacial score (nSPS) is 12.0. The molecule has 0 aliphatic carbocycles. The molecule has 0 fully saturated rings. The van der Waals surface area contributed by atoms with E-state index in [4.69, 9.17) is 0 Å². The molecule has 0 aliphatic rings. The number of nitrogens with one attached hydrogen (secondary N) is 1. The number of hydrogen-bond acceptors (Lipinski definition) is 4. The first-order valence-corrected chi connectivity index (χ1v) is 14.8. The van der Waals surface area contributed by atoms with Gasteiger partial charge in [-0.05, 0) is 62.9 Å². The third-order valence-corrected chi connectivity index (χ3v) is 8.45. The molecule has 39 heavy (non-hydrogen) atoms. The van der Waals surface area contributed by atoms with E-state index in [1.54, 1.807) is 43.3 Å². The van der Waals surface area contributed by atoms with Crippen LogP contribution in [-0.2, 0) is 32.6 Å². The Hall–Kier alpha value is -3.65. The van der Waals surface area contributed by atoms with Gasteiger partial charge in [-0.25, -0.2) is 8.42 Å². The molecule has 0 aromatic heterocycles. The monoisotopic (exact) mass is 549 g/mol.